The van der Waals surface area contributed by atoms with Gasteiger partial charge in [0.1, 0.15) is 23.0 Å². The molecule has 0 aromatic heterocycles. The average Bonchev–Trinajstić information content (AvgIpc) is 2.96. The SMILES string of the molecule is CC(=O)c1ccc(C(=O)c2ccc(Oc3ccc(N)cc3)cc2)cc1.Nc1ccc(Oc2ccccc2)cc1. The molecule has 0 aliphatic carbocycles. The Balaban J connectivity index is 0.000000212. The second-order valence-electron chi connectivity index (χ2n) is 8.64. The number of hydrogen-bond acceptors (Lipinski definition) is 6. The van der Waals surface area contributed by atoms with Gasteiger partial charge in [0.2, 0.25) is 0 Å². The fourth-order valence-electron chi connectivity index (χ4n) is 3.53. The van der Waals surface area contributed by atoms with Crippen LogP contribution in [0.3, 0.4) is 0 Å². The van der Waals surface area contributed by atoms with E-state index in [2.05, 4.69) is 0 Å². The molecule has 5 rings (SSSR count). The number of rotatable bonds is 7. The Labute approximate surface area is 227 Å². The van der Waals surface area contributed by atoms with Gasteiger partial charge in [-0.25, -0.2) is 0 Å². The van der Waals surface area contributed by atoms with Crippen LogP contribution in [0, 0.1) is 0 Å². The Hall–Kier alpha value is -5.36. The van der Waals surface area contributed by atoms with E-state index in [4.69, 9.17) is 20.9 Å². The van der Waals surface area contributed by atoms with Gasteiger partial charge < -0.3 is 20.9 Å². The number of anilines is 2. The lowest BCUT2D eigenvalue weighted by molar-refractivity contribution is 0.101. The molecule has 0 heterocycles. The Morgan fingerprint density at radius 2 is 0.795 bits per heavy atom. The van der Waals surface area contributed by atoms with Crippen molar-refractivity contribution in [2.45, 2.75) is 6.92 Å². The van der Waals surface area contributed by atoms with Crippen molar-refractivity contribution < 1.29 is 19.1 Å². The van der Waals surface area contributed by atoms with Crippen molar-refractivity contribution in [2.24, 2.45) is 0 Å². The van der Waals surface area contributed by atoms with E-state index >= 15 is 0 Å². The average molecular weight is 517 g/mol. The summed E-state index contributed by atoms with van der Waals surface area (Å²) in [7, 11) is 0. The van der Waals surface area contributed by atoms with E-state index in [9.17, 15) is 9.59 Å². The summed E-state index contributed by atoms with van der Waals surface area (Å²) in [5.41, 5.74) is 14.3. The van der Waals surface area contributed by atoms with Crippen LogP contribution in [0.5, 0.6) is 23.0 Å². The molecule has 0 aliphatic heterocycles. The number of carbonyl (C=O) groups excluding carboxylic acids is 2. The summed E-state index contributed by atoms with van der Waals surface area (Å²) < 4.78 is 11.3. The molecule has 0 unspecified atom stereocenters. The maximum Gasteiger partial charge on any atom is 0.193 e. The van der Waals surface area contributed by atoms with Crippen molar-refractivity contribution in [3.8, 4) is 23.0 Å². The normalized spacial score (nSPS) is 10.1. The fraction of sp³-hybridized carbons (Fsp3) is 0.0303. The molecule has 5 aromatic rings. The standard InChI is InChI=1S/C21H17NO3.C12H11NO/c1-14(23)15-2-4-16(5-3-15)21(24)17-6-10-19(11-7-17)25-20-12-8-18(22)9-13-20;13-10-6-8-12(9-7-10)14-11-4-2-1-3-5-11/h2-13H,22H2,1H3;1-9H,13H2. The second kappa shape index (κ2) is 12.7. The number of nitrogens with two attached hydrogens (primary N) is 2. The monoisotopic (exact) mass is 516 g/mol. The van der Waals surface area contributed by atoms with E-state index in [1.807, 2.05) is 54.6 Å². The highest BCUT2D eigenvalue weighted by molar-refractivity contribution is 6.09. The van der Waals surface area contributed by atoms with Gasteiger partial charge in [0.25, 0.3) is 0 Å². The summed E-state index contributed by atoms with van der Waals surface area (Å²) in [5, 5.41) is 0. The molecule has 0 saturated carbocycles. The molecule has 0 bridgehead atoms. The zero-order valence-corrected chi connectivity index (χ0v) is 21.4. The molecule has 6 heteroatoms. The molecule has 6 nitrogen and oxygen atoms in total. The quantitative estimate of drug-likeness (QED) is 0.171. The summed E-state index contributed by atoms with van der Waals surface area (Å²) in [5.74, 6) is 2.81. The second-order valence-corrected chi connectivity index (χ2v) is 8.64. The van der Waals surface area contributed by atoms with Crippen LogP contribution in [0.25, 0.3) is 0 Å². The van der Waals surface area contributed by atoms with E-state index < -0.39 is 0 Å². The Morgan fingerprint density at radius 3 is 1.21 bits per heavy atom. The fourth-order valence-corrected chi connectivity index (χ4v) is 3.53. The molecule has 0 spiro atoms. The van der Waals surface area contributed by atoms with Crippen LogP contribution in [0.4, 0.5) is 11.4 Å². The van der Waals surface area contributed by atoms with Crippen LogP contribution in [-0.4, -0.2) is 11.6 Å². The molecular weight excluding hydrogens is 488 g/mol. The minimum absolute atomic E-state index is 0.0248. The molecule has 5 aromatic carbocycles. The van der Waals surface area contributed by atoms with Crippen LogP contribution in [0.2, 0.25) is 0 Å². The third kappa shape index (κ3) is 7.81. The van der Waals surface area contributed by atoms with Gasteiger partial charge in [-0.1, -0.05) is 42.5 Å². The molecule has 0 radical (unpaired) electrons. The molecule has 0 atom stereocenters. The Kier molecular flexibility index (Phi) is 8.72. The first kappa shape index (κ1) is 26.7. The van der Waals surface area contributed by atoms with Gasteiger partial charge >= 0.3 is 0 Å². The third-order valence-electron chi connectivity index (χ3n) is 5.64. The number of benzene rings is 5. The maximum atomic E-state index is 12.5. The Morgan fingerprint density at radius 1 is 0.462 bits per heavy atom. The zero-order chi connectivity index (χ0) is 27.6. The highest BCUT2D eigenvalue weighted by Crippen LogP contribution is 2.24. The van der Waals surface area contributed by atoms with Crippen molar-refractivity contribution in [3.63, 3.8) is 0 Å². The molecule has 0 fully saturated rings. The minimum Gasteiger partial charge on any atom is -0.457 e. The van der Waals surface area contributed by atoms with E-state index in [1.54, 1.807) is 72.8 Å². The van der Waals surface area contributed by atoms with Gasteiger partial charge in [0.15, 0.2) is 11.6 Å². The lowest BCUT2D eigenvalue weighted by Gasteiger charge is -2.07. The zero-order valence-electron chi connectivity index (χ0n) is 21.4. The van der Waals surface area contributed by atoms with Crippen LogP contribution in [-0.2, 0) is 0 Å². The molecule has 0 saturated heterocycles. The maximum absolute atomic E-state index is 12.5. The van der Waals surface area contributed by atoms with E-state index in [-0.39, 0.29) is 11.6 Å². The molecule has 4 N–H and O–H groups in total. The van der Waals surface area contributed by atoms with E-state index in [0.717, 1.165) is 17.2 Å². The van der Waals surface area contributed by atoms with Gasteiger partial charge in [-0.05, 0) is 91.9 Å². The first-order valence-corrected chi connectivity index (χ1v) is 12.2. The van der Waals surface area contributed by atoms with Gasteiger partial charge in [-0.15, -0.1) is 0 Å². The highest BCUT2D eigenvalue weighted by Gasteiger charge is 2.10. The van der Waals surface area contributed by atoms with Gasteiger partial charge in [0, 0.05) is 28.1 Å². The number of ether oxygens (including phenoxy) is 2. The summed E-state index contributed by atoms with van der Waals surface area (Å²) in [6.45, 7) is 1.50. The number of hydrogen-bond donors (Lipinski definition) is 2. The van der Waals surface area contributed by atoms with Crippen LogP contribution in [0.1, 0.15) is 33.2 Å². The van der Waals surface area contributed by atoms with Crippen molar-refractivity contribution in [1.29, 1.82) is 0 Å². The number of Topliss-reactive ketones (excluding diaryl/α,β-unsaturated/α-hetero) is 1. The third-order valence-corrected chi connectivity index (χ3v) is 5.64. The van der Waals surface area contributed by atoms with Crippen LogP contribution < -0.4 is 20.9 Å². The summed E-state index contributed by atoms with van der Waals surface area (Å²) >= 11 is 0. The smallest absolute Gasteiger partial charge is 0.193 e. The molecule has 194 valence electrons. The summed E-state index contributed by atoms with van der Waals surface area (Å²) in [4.78, 5) is 23.8. The summed E-state index contributed by atoms with van der Waals surface area (Å²) in [6, 6.07) is 37.6. The molecule has 0 amide bonds. The van der Waals surface area contributed by atoms with Crippen molar-refractivity contribution in [2.75, 3.05) is 11.5 Å². The highest BCUT2D eigenvalue weighted by atomic mass is 16.5. The molecule has 0 aliphatic rings. The first-order valence-electron chi connectivity index (χ1n) is 12.2. The van der Waals surface area contributed by atoms with Crippen LogP contribution >= 0.6 is 0 Å². The van der Waals surface area contributed by atoms with Crippen molar-refractivity contribution in [1.82, 2.24) is 0 Å². The number of para-hydroxylation sites is 1. The predicted molar refractivity (Wildman–Crippen MR) is 155 cm³/mol. The lowest BCUT2D eigenvalue weighted by Crippen LogP contribution is -2.02. The Bertz CT molecular complexity index is 1510. The topological polar surface area (TPSA) is 105 Å². The molecular formula is C33H28N2O4. The largest absolute Gasteiger partial charge is 0.457 e. The van der Waals surface area contributed by atoms with E-state index in [1.165, 1.54) is 6.92 Å². The van der Waals surface area contributed by atoms with Crippen molar-refractivity contribution in [3.05, 3.63) is 144 Å². The van der Waals surface area contributed by atoms with Gasteiger partial charge in [0.05, 0.1) is 0 Å². The predicted octanol–water partition coefficient (Wildman–Crippen LogP) is 7.56. The number of carbonyl (C=O) groups is 2. The minimum atomic E-state index is -0.103. The number of nitrogen functional groups attached to an aromatic ring is 2. The summed E-state index contributed by atoms with van der Waals surface area (Å²) in [6.07, 6.45) is 0. The number of ketones is 2. The van der Waals surface area contributed by atoms with Gasteiger partial charge in [-0.3, -0.25) is 9.59 Å². The van der Waals surface area contributed by atoms with Gasteiger partial charge in [-0.2, -0.15) is 0 Å². The molecule has 39 heavy (non-hydrogen) atoms. The van der Waals surface area contributed by atoms with Crippen molar-refractivity contribution >= 4 is 22.9 Å². The first-order chi connectivity index (χ1) is 18.9. The van der Waals surface area contributed by atoms with E-state index in [0.29, 0.717) is 33.9 Å². The van der Waals surface area contributed by atoms with Crippen LogP contribution in [0.15, 0.2) is 127 Å². The lowest BCUT2D eigenvalue weighted by atomic mass is 10.0.